The van der Waals surface area contributed by atoms with Crippen molar-refractivity contribution in [3.8, 4) is 0 Å². The lowest BCUT2D eigenvalue weighted by Crippen LogP contribution is -2.48. The summed E-state index contributed by atoms with van der Waals surface area (Å²) in [5.41, 5.74) is 0. The molecular weight excluding hydrogens is 216 g/mol. The molecule has 1 aliphatic heterocycles. The molecule has 1 saturated heterocycles. The van der Waals surface area contributed by atoms with Gasteiger partial charge in [0.05, 0.1) is 0 Å². The lowest BCUT2D eigenvalue weighted by atomic mass is 10.2. The standard InChI is InChI=1S/C13H24N2O2/c1-2-3-6-13(17)15-10-8-14(9-11-15)7-4-5-12-16/h12H,2-11H2,1H3. The smallest absolute Gasteiger partial charge is 0.222 e. The molecule has 0 unspecified atom stereocenters. The van der Waals surface area contributed by atoms with E-state index < -0.39 is 0 Å². The van der Waals surface area contributed by atoms with Crippen LogP contribution in [0, 0.1) is 0 Å². The van der Waals surface area contributed by atoms with E-state index >= 15 is 0 Å². The molecule has 0 aliphatic carbocycles. The van der Waals surface area contributed by atoms with Crippen molar-refractivity contribution < 1.29 is 9.59 Å². The molecule has 4 heteroatoms. The van der Waals surface area contributed by atoms with E-state index in [9.17, 15) is 9.59 Å². The van der Waals surface area contributed by atoms with Crippen molar-refractivity contribution in [2.45, 2.75) is 39.0 Å². The molecule has 98 valence electrons. The normalized spacial score (nSPS) is 17.1. The van der Waals surface area contributed by atoms with E-state index in [1.807, 2.05) is 4.90 Å². The van der Waals surface area contributed by atoms with Crippen LogP contribution in [0.5, 0.6) is 0 Å². The first-order valence-electron chi connectivity index (χ1n) is 6.71. The van der Waals surface area contributed by atoms with Gasteiger partial charge in [-0.15, -0.1) is 0 Å². The van der Waals surface area contributed by atoms with E-state index in [4.69, 9.17) is 0 Å². The number of hydrogen-bond donors (Lipinski definition) is 0. The van der Waals surface area contributed by atoms with Gasteiger partial charge in [-0.2, -0.15) is 0 Å². The van der Waals surface area contributed by atoms with Crippen LogP contribution in [-0.2, 0) is 9.59 Å². The zero-order valence-corrected chi connectivity index (χ0v) is 10.9. The minimum absolute atomic E-state index is 0.305. The number of rotatable bonds is 7. The van der Waals surface area contributed by atoms with Crippen LogP contribution in [0.2, 0.25) is 0 Å². The Kier molecular flexibility index (Phi) is 6.86. The molecule has 0 N–H and O–H groups in total. The summed E-state index contributed by atoms with van der Waals surface area (Å²) in [5.74, 6) is 0.305. The van der Waals surface area contributed by atoms with Crippen molar-refractivity contribution in [1.29, 1.82) is 0 Å². The van der Waals surface area contributed by atoms with Gasteiger partial charge in [-0.25, -0.2) is 0 Å². The minimum atomic E-state index is 0.305. The molecular formula is C13H24N2O2. The first kappa shape index (κ1) is 14.2. The van der Waals surface area contributed by atoms with E-state index in [1.54, 1.807) is 0 Å². The molecule has 1 fully saturated rings. The Hall–Kier alpha value is -0.900. The summed E-state index contributed by atoms with van der Waals surface area (Å²) >= 11 is 0. The highest BCUT2D eigenvalue weighted by Crippen LogP contribution is 2.06. The maximum atomic E-state index is 11.8. The van der Waals surface area contributed by atoms with Gasteiger partial charge in [-0.1, -0.05) is 13.3 Å². The summed E-state index contributed by atoms with van der Waals surface area (Å²) < 4.78 is 0. The first-order valence-corrected chi connectivity index (χ1v) is 6.71. The highest BCUT2D eigenvalue weighted by molar-refractivity contribution is 5.76. The number of nitrogens with zero attached hydrogens (tertiary/aromatic N) is 2. The molecule has 1 rings (SSSR count). The van der Waals surface area contributed by atoms with Crippen molar-refractivity contribution >= 4 is 12.2 Å². The van der Waals surface area contributed by atoms with Gasteiger partial charge in [0.2, 0.25) is 5.91 Å². The van der Waals surface area contributed by atoms with Crippen LogP contribution in [0.25, 0.3) is 0 Å². The molecule has 0 radical (unpaired) electrons. The summed E-state index contributed by atoms with van der Waals surface area (Å²) in [6, 6.07) is 0. The summed E-state index contributed by atoms with van der Waals surface area (Å²) in [4.78, 5) is 26.3. The molecule has 0 aromatic heterocycles. The quantitative estimate of drug-likeness (QED) is 0.497. The fourth-order valence-corrected chi connectivity index (χ4v) is 2.11. The van der Waals surface area contributed by atoms with Crippen LogP contribution in [0.4, 0.5) is 0 Å². The number of amides is 1. The summed E-state index contributed by atoms with van der Waals surface area (Å²) in [7, 11) is 0. The Labute approximate surface area is 104 Å². The van der Waals surface area contributed by atoms with E-state index in [0.717, 1.165) is 58.3 Å². The Morgan fingerprint density at radius 3 is 2.47 bits per heavy atom. The van der Waals surface area contributed by atoms with E-state index in [1.165, 1.54) is 0 Å². The summed E-state index contributed by atoms with van der Waals surface area (Å²) in [5, 5.41) is 0. The maximum Gasteiger partial charge on any atom is 0.222 e. The van der Waals surface area contributed by atoms with Crippen molar-refractivity contribution in [3.05, 3.63) is 0 Å². The molecule has 1 amide bonds. The molecule has 0 saturated carbocycles. The van der Waals surface area contributed by atoms with Crippen LogP contribution < -0.4 is 0 Å². The van der Waals surface area contributed by atoms with Crippen molar-refractivity contribution in [3.63, 3.8) is 0 Å². The van der Waals surface area contributed by atoms with Crippen molar-refractivity contribution in [2.24, 2.45) is 0 Å². The molecule has 4 nitrogen and oxygen atoms in total. The molecule has 0 aromatic rings. The monoisotopic (exact) mass is 240 g/mol. The number of piperazine rings is 1. The number of unbranched alkanes of at least 4 members (excludes halogenated alkanes) is 2. The summed E-state index contributed by atoms with van der Waals surface area (Å²) in [6.07, 6.45) is 5.34. The Morgan fingerprint density at radius 2 is 1.88 bits per heavy atom. The summed E-state index contributed by atoms with van der Waals surface area (Å²) in [6.45, 7) is 6.70. The zero-order chi connectivity index (χ0) is 12.5. The minimum Gasteiger partial charge on any atom is -0.340 e. The largest absolute Gasteiger partial charge is 0.340 e. The van der Waals surface area contributed by atoms with Gasteiger partial charge in [0.25, 0.3) is 0 Å². The van der Waals surface area contributed by atoms with Gasteiger partial charge >= 0.3 is 0 Å². The Balaban J connectivity index is 2.16. The molecule has 0 atom stereocenters. The van der Waals surface area contributed by atoms with E-state index in [-0.39, 0.29) is 0 Å². The molecule has 0 bridgehead atoms. The van der Waals surface area contributed by atoms with Crippen LogP contribution in [0.3, 0.4) is 0 Å². The Morgan fingerprint density at radius 1 is 1.18 bits per heavy atom. The van der Waals surface area contributed by atoms with Gasteiger partial charge in [-0.3, -0.25) is 9.69 Å². The van der Waals surface area contributed by atoms with Gasteiger partial charge < -0.3 is 9.69 Å². The predicted octanol–water partition coefficient (Wildman–Crippen LogP) is 1.30. The fourth-order valence-electron chi connectivity index (χ4n) is 2.11. The third-order valence-corrected chi connectivity index (χ3v) is 3.27. The zero-order valence-electron chi connectivity index (χ0n) is 10.9. The number of carbonyl (C=O) groups excluding carboxylic acids is 2. The molecule has 0 spiro atoms. The van der Waals surface area contributed by atoms with E-state index in [0.29, 0.717) is 18.7 Å². The van der Waals surface area contributed by atoms with E-state index in [2.05, 4.69) is 11.8 Å². The van der Waals surface area contributed by atoms with Gasteiger partial charge in [0, 0.05) is 39.0 Å². The molecule has 1 heterocycles. The van der Waals surface area contributed by atoms with Gasteiger partial charge in [0.15, 0.2) is 0 Å². The number of aldehydes is 1. The van der Waals surface area contributed by atoms with Crippen molar-refractivity contribution in [2.75, 3.05) is 32.7 Å². The average molecular weight is 240 g/mol. The van der Waals surface area contributed by atoms with Crippen LogP contribution >= 0.6 is 0 Å². The van der Waals surface area contributed by atoms with Crippen LogP contribution in [0.1, 0.15) is 39.0 Å². The lowest BCUT2D eigenvalue weighted by molar-refractivity contribution is -0.133. The fraction of sp³-hybridized carbons (Fsp3) is 0.846. The van der Waals surface area contributed by atoms with Gasteiger partial charge in [0.1, 0.15) is 6.29 Å². The van der Waals surface area contributed by atoms with Crippen LogP contribution in [0.15, 0.2) is 0 Å². The first-order chi connectivity index (χ1) is 8.27. The molecule has 0 aromatic carbocycles. The molecule has 1 aliphatic rings. The SMILES string of the molecule is CCCCC(=O)N1CCN(CCCC=O)CC1. The second-order valence-corrected chi connectivity index (χ2v) is 4.63. The number of hydrogen-bond acceptors (Lipinski definition) is 3. The highest BCUT2D eigenvalue weighted by atomic mass is 16.2. The third kappa shape index (κ3) is 5.31. The van der Waals surface area contributed by atoms with Gasteiger partial charge in [-0.05, 0) is 19.4 Å². The highest BCUT2D eigenvalue weighted by Gasteiger charge is 2.19. The van der Waals surface area contributed by atoms with Crippen molar-refractivity contribution in [1.82, 2.24) is 9.80 Å². The number of carbonyl (C=O) groups is 2. The predicted molar refractivity (Wildman–Crippen MR) is 67.8 cm³/mol. The lowest BCUT2D eigenvalue weighted by Gasteiger charge is -2.34. The Bertz CT molecular complexity index is 236. The second kappa shape index (κ2) is 8.23. The third-order valence-electron chi connectivity index (χ3n) is 3.27. The average Bonchev–Trinajstić information content (AvgIpc) is 2.37. The topological polar surface area (TPSA) is 40.6 Å². The second-order valence-electron chi connectivity index (χ2n) is 4.63. The van der Waals surface area contributed by atoms with Crippen LogP contribution in [-0.4, -0.2) is 54.7 Å². The maximum absolute atomic E-state index is 11.8. The molecule has 17 heavy (non-hydrogen) atoms.